The minimum atomic E-state index is -3.44. The van der Waals surface area contributed by atoms with Gasteiger partial charge >= 0.3 is 0 Å². The van der Waals surface area contributed by atoms with Crippen LogP contribution < -0.4 is 21.0 Å². The molecule has 0 aliphatic heterocycles. The van der Waals surface area contributed by atoms with Crippen molar-refractivity contribution < 1.29 is 22.6 Å². The topological polar surface area (TPSA) is 154 Å². The fraction of sp³-hybridized carbons (Fsp3) is 0.286. The highest BCUT2D eigenvalue weighted by Gasteiger charge is 2.17. The summed E-state index contributed by atoms with van der Waals surface area (Å²) in [6.07, 6.45) is 1.01. The number of nitrogens with zero attached hydrogens (tertiary/aromatic N) is 4. The van der Waals surface area contributed by atoms with Crippen molar-refractivity contribution in [1.82, 2.24) is 25.8 Å². The van der Waals surface area contributed by atoms with E-state index in [4.69, 9.17) is 12.5 Å². The molecule has 1 aromatic carbocycles. The maximum absolute atomic E-state index is 13.3. The van der Waals surface area contributed by atoms with E-state index in [1.165, 1.54) is 30.9 Å². The van der Waals surface area contributed by atoms with E-state index in [-0.39, 0.29) is 28.6 Å². The molecule has 11 nitrogen and oxygen atoms in total. The van der Waals surface area contributed by atoms with Crippen molar-refractivity contribution in [2.24, 2.45) is 9.98 Å². The summed E-state index contributed by atoms with van der Waals surface area (Å²) in [4.78, 5) is 7.90. The molecule has 0 fully saturated rings. The number of thioether (sulfide) groups is 1. The molecule has 2 rings (SSSR count). The molecule has 154 valence electrons. The molecule has 0 saturated heterocycles. The molecule has 1 heterocycles. The summed E-state index contributed by atoms with van der Waals surface area (Å²) in [5.74, 6) is -0.148. The fourth-order valence-corrected chi connectivity index (χ4v) is 3.20. The van der Waals surface area contributed by atoms with Gasteiger partial charge in [-0.2, -0.15) is 0 Å². The number of guanidine groups is 1. The third kappa shape index (κ3) is 7.03. The molecule has 0 spiro atoms. The lowest BCUT2D eigenvalue weighted by molar-refractivity contribution is 0.234. The van der Waals surface area contributed by atoms with E-state index >= 15 is 0 Å². The van der Waals surface area contributed by atoms with E-state index in [0.29, 0.717) is 17.3 Å². The molecular weight excluding hydrogens is 424 g/mol. The van der Waals surface area contributed by atoms with E-state index in [0.717, 1.165) is 12.3 Å². The van der Waals surface area contributed by atoms with E-state index in [9.17, 15) is 18.0 Å². The highest BCUT2D eigenvalue weighted by atomic mass is 32.2. The number of benzene rings is 1. The van der Waals surface area contributed by atoms with Crippen molar-refractivity contribution in [3.8, 4) is 0 Å². The quantitative estimate of drug-likeness (QED) is 0.109. The zero-order chi connectivity index (χ0) is 21.4. The smallest absolute Gasteiger partial charge is 0.232 e. The average molecular weight is 441 g/mol. The van der Waals surface area contributed by atoms with Gasteiger partial charge in [-0.3, -0.25) is 20.4 Å². The Morgan fingerprint density at radius 2 is 2.17 bits per heavy atom. The van der Waals surface area contributed by atoms with Crippen molar-refractivity contribution >= 4 is 52.6 Å². The predicted molar refractivity (Wildman–Crippen MR) is 107 cm³/mol. The number of aliphatic imine (C=N–C) groups is 2. The van der Waals surface area contributed by atoms with Crippen LogP contribution in [0.15, 0.2) is 37.8 Å². The summed E-state index contributed by atoms with van der Waals surface area (Å²) < 4.78 is 42.6. The Labute approximate surface area is 171 Å². The summed E-state index contributed by atoms with van der Waals surface area (Å²) in [5.41, 5.74) is 2.20. The first-order valence-corrected chi connectivity index (χ1v) is 10.8. The molecule has 0 amide bonds. The van der Waals surface area contributed by atoms with Gasteiger partial charge in [0.15, 0.2) is 16.6 Å². The van der Waals surface area contributed by atoms with Gasteiger partial charge < -0.3 is 5.32 Å². The molecule has 29 heavy (non-hydrogen) atoms. The maximum Gasteiger partial charge on any atom is 0.232 e. The lowest BCUT2D eigenvalue weighted by Gasteiger charge is -2.09. The average Bonchev–Trinajstić information content (AvgIpc) is 3.12. The van der Waals surface area contributed by atoms with Crippen LogP contribution in [0.1, 0.15) is 5.69 Å². The first-order chi connectivity index (χ1) is 13.7. The zero-order valence-electron chi connectivity index (χ0n) is 15.4. The number of nitrogens with one attached hydrogen (secondary N) is 3. The largest absolute Gasteiger partial charge is 0.355 e. The van der Waals surface area contributed by atoms with E-state index in [1.54, 1.807) is 0 Å². The van der Waals surface area contributed by atoms with Gasteiger partial charge in [-0.25, -0.2) is 22.4 Å². The minimum Gasteiger partial charge on any atom is -0.355 e. The highest BCUT2D eigenvalue weighted by Crippen LogP contribution is 2.20. The lowest BCUT2D eigenvalue weighted by Crippen LogP contribution is -2.41. The van der Waals surface area contributed by atoms with Gasteiger partial charge in [0.25, 0.3) is 0 Å². The number of rotatable bonds is 7. The summed E-state index contributed by atoms with van der Waals surface area (Å²) in [7, 11) is 3.50. The van der Waals surface area contributed by atoms with Crippen molar-refractivity contribution in [3.05, 3.63) is 29.7 Å². The molecule has 1 aromatic heterocycles. The number of hydroxylamine groups is 1. The van der Waals surface area contributed by atoms with Gasteiger partial charge in [-0.15, -0.1) is 0 Å². The number of aromatic nitrogens is 2. The summed E-state index contributed by atoms with van der Waals surface area (Å²) >= 11 is 1.21. The van der Waals surface area contributed by atoms with Crippen LogP contribution in [0.2, 0.25) is 0 Å². The molecule has 0 atom stereocenters. The Hall–Kier alpha value is -2.65. The normalized spacial score (nSPS) is 12.7. The molecule has 0 saturated carbocycles. The third-order valence-corrected chi connectivity index (χ3v) is 4.66. The number of sulfonamides is 1. The van der Waals surface area contributed by atoms with Crippen LogP contribution in [0.5, 0.6) is 0 Å². The van der Waals surface area contributed by atoms with E-state index in [2.05, 4.69) is 30.3 Å². The first-order valence-electron chi connectivity index (χ1n) is 7.91. The second-order valence-corrected chi connectivity index (χ2v) is 8.25. The second kappa shape index (κ2) is 10.2. The van der Waals surface area contributed by atoms with Crippen LogP contribution in [0.3, 0.4) is 0 Å². The van der Waals surface area contributed by atoms with Crippen LogP contribution in [-0.2, 0) is 10.0 Å². The zero-order valence-corrected chi connectivity index (χ0v) is 17.0. The van der Waals surface area contributed by atoms with Gasteiger partial charge in [0.1, 0.15) is 13.7 Å². The van der Waals surface area contributed by atoms with Crippen molar-refractivity contribution in [3.63, 3.8) is 0 Å². The highest BCUT2D eigenvalue weighted by molar-refractivity contribution is 7.99. The Balaban J connectivity index is 2.03. The summed E-state index contributed by atoms with van der Waals surface area (Å²) in [6, 6.07) is 3.80. The Morgan fingerprint density at radius 1 is 1.41 bits per heavy atom. The Kier molecular flexibility index (Phi) is 7.98. The van der Waals surface area contributed by atoms with E-state index < -0.39 is 15.8 Å². The molecule has 2 radical (unpaired) electrons. The fourth-order valence-electron chi connectivity index (χ4n) is 1.93. The van der Waals surface area contributed by atoms with Crippen molar-refractivity contribution in [1.29, 1.82) is 0 Å². The molecule has 15 heteroatoms. The first kappa shape index (κ1) is 22.6. The third-order valence-electron chi connectivity index (χ3n) is 3.15. The Bertz CT molecular complexity index is 1010. The van der Waals surface area contributed by atoms with Gasteiger partial charge in [0, 0.05) is 19.3 Å². The Morgan fingerprint density at radius 3 is 2.79 bits per heavy atom. The maximum atomic E-state index is 13.3. The van der Waals surface area contributed by atoms with Gasteiger partial charge in [0.2, 0.25) is 16.0 Å². The number of hydrogen-bond acceptors (Lipinski definition) is 9. The molecule has 0 unspecified atom stereocenters. The summed E-state index contributed by atoms with van der Waals surface area (Å²) in [6.45, 7) is 0.333. The molecule has 0 bridgehead atoms. The van der Waals surface area contributed by atoms with Crippen LogP contribution in [0, 0.1) is 5.82 Å². The van der Waals surface area contributed by atoms with E-state index in [1.807, 2.05) is 5.48 Å². The molecule has 2 aromatic rings. The number of halogens is 1. The second-order valence-electron chi connectivity index (χ2n) is 5.42. The molecule has 0 aliphatic carbocycles. The number of amidine groups is 1. The monoisotopic (exact) mass is 441 g/mol. The van der Waals surface area contributed by atoms with Crippen LogP contribution >= 0.6 is 11.8 Å². The van der Waals surface area contributed by atoms with Crippen LogP contribution in [0.4, 0.5) is 10.1 Å². The molecule has 4 N–H and O–H groups in total. The molecular formula is C14H17BFN7O4S2. The molecule has 0 aliphatic rings. The van der Waals surface area contributed by atoms with Crippen molar-refractivity contribution in [2.75, 3.05) is 25.6 Å². The van der Waals surface area contributed by atoms with Gasteiger partial charge in [-0.1, -0.05) is 17.2 Å². The summed E-state index contributed by atoms with van der Waals surface area (Å²) in [5, 5.41) is 20.0. The lowest BCUT2D eigenvalue weighted by atomic mass is 9.95. The SMILES string of the molecule is [B]c1cc(N=C(NO)c2nonc2SCCNC(=NC)NS(C)(=O)=O)ccc1F. The van der Waals surface area contributed by atoms with Crippen LogP contribution in [0.25, 0.3) is 0 Å². The van der Waals surface area contributed by atoms with Gasteiger partial charge in [0.05, 0.1) is 11.9 Å². The minimum absolute atomic E-state index is 0.0812. The van der Waals surface area contributed by atoms with Gasteiger partial charge in [-0.05, 0) is 28.5 Å². The standard InChI is InChI=1S/C14H17BFN7O4S2/c1-17-14(23-29(2,25)26)18-5-6-28-13-11(21-27-22-13)12(20-24)19-8-3-4-10(16)9(15)7-8/h3-4,7,24H,5-6H2,1-2H3,(H,19,20)(H2,17,18,23). The van der Waals surface area contributed by atoms with Crippen LogP contribution in [-0.4, -0.2) is 69.2 Å². The van der Waals surface area contributed by atoms with Crippen molar-refractivity contribution in [2.45, 2.75) is 5.03 Å². The predicted octanol–water partition coefficient (Wildman–Crippen LogP) is -0.724. The number of hydrogen-bond donors (Lipinski definition) is 4.